The first-order valence-corrected chi connectivity index (χ1v) is 6.70. The van der Waals surface area contributed by atoms with E-state index in [2.05, 4.69) is 14.9 Å². The summed E-state index contributed by atoms with van der Waals surface area (Å²) in [5, 5.41) is 15.0. The summed E-state index contributed by atoms with van der Waals surface area (Å²) >= 11 is 0. The summed E-state index contributed by atoms with van der Waals surface area (Å²) in [7, 11) is -3.83. The van der Waals surface area contributed by atoms with Crippen LogP contribution in [0.2, 0.25) is 0 Å². The highest BCUT2D eigenvalue weighted by Crippen LogP contribution is 2.20. The Morgan fingerprint density at radius 3 is 2.84 bits per heavy atom. The number of carboxylic acids is 1. The maximum absolute atomic E-state index is 12.0. The van der Waals surface area contributed by atoms with Crippen molar-refractivity contribution in [3.63, 3.8) is 0 Å². The first-order valence-electron chi connectivity index (χ1n) is 5.22. The van der Waals surface area contributed by atoms with Gasteiger partial charge in [0.05, 0.1) is 12.2 Å². The van der Waals surface area contributed by atoms with E-state index in [1.165, 1.54) is 13.1 Å². The fraction of sp³-hybridized carbons (Fsp3) is 0.200. The number of carboxylic acid groups (broad SMARTS) is 1. The van der Waals surface area contributed by atoms with Crippen LogP contribution in [-0.2, 0) is 16.6 Å². The van der Waals surface area contributed by atoms with E-state index in [-0.39, 0.29) is 17.2 Å². The number of nitrogens with one attached hydrogen (secondary N) is 2. The van der Waals surface area contributed by atoms with Crippen molar-refractivity contribution in [2.75, 3.05) is 0 Å². The summed E-state index contributed by atoms with van der Waals surface area (Å²) in [6.45, 7) is 1.41. The van der Waals surface area contributed by atoms with Gasteiger partial charge in [-0.1, -0.05) is 0 Å². The van der Waals surface area contributed by atoms with Gasteiger partial charge in [0.15, 0.2) is 0 Å². The van der Waals surface area contributed by atoms with Crippen LogP contribution in [0.4, 0.5) is 0 Å². The fourth-order valence-electron chi connectivity index (χ4n) is 1.47. The van der Waals surface area contributed by atoms with Crippen molar-refractivity contribution < 1.29 is 22.7 Å². The van der Waals surface area contributed by atoms with Crippen LogP contribution in [-0.4, -0.2) is 29.7 Å². The van der Waals surface area contributed by atoms with Gasteiger partial charge in [-0.05, 0) is 13.0 Å². The average molecular weight is 285 g/mol. The number of aromatic carboxylic acids is 1. The van der Waals surface area contributed by atoms with Crippen LogP contribution >= 0.6 is 0 Å². The minimum absolute atomic E-state index is 0.0227. The first kappa shape index (κ1) is 13.3. The van der Waals surface area contributed by atoms with E-state index >= 15 is 0 Å². The minimum atomic E-state index is -3.83. The van der Waals surface area contributed by atoms with Gasteiger partial charge >= 0.3 is 5.97 Å². The molecule has 0 amide bonds. The van der Waals surface area contributed by atoms with Crippen molar-refractivity contribution >= 4 is 16.0 Å². The number of aromatic amines is 1. The maximum atomic E-state index is 12.0. The summed E-state index contributed by atoms with van der Waals surface area (Å²) in [6, 6.07) is 2.60. The lowest BCUT2D eigenvalue weighted by molar-refractivity contribution is 0.0661. The number of hydrogen-bond donors (Lipinski definition) is 3. The number of aromatic nitrogens is 2. The molecule has 2 rings (SSSR count). The fourth-order valence-corrected chi connectivity index (χ4v) is 2.65. The van der Waals surface area contributed by atoms with Crippen LogP contribution < -0.4 is 4.72 Å². The molecule has 9 heteroatoms. The molecule has 0 fully saturated rings. The zero-order chi connectivity index (χ0) is 14.0. The summed E-state index contributed by atoms with van der Waals surface area (Å²) in [5.41, 5.74) is 0.586. The van der Waals surface area contributed by atoms with Crippen LogP contribution in [0, 0.1) is 6.92 Å². The molecule has 0 aromatic carbocycles. The Balaban J connectivity index is 2.22. The molecule has 8 nitrogen and oxygen atoms in total. The summed E-state index contributed by atoms with van der Waals surface area (Å²) in [5.74, 6) is -1.72. The molecule has 2 heterocycles. The third-order valence-electron chi connectivity index (χ3n) is 2.38. The minimum Gasteiger partial charge on any atom is -0.475 e. The Bertz CT molecular complexity index is 687. The Morgan fingerprint density at radius 1 is 1.58 bits per heavy atom. The highest BCUT2D eigenvalue weighted by molar-refractivity contribution is 7.89. The van der Waals surface area contributed by atoms with E-state index in [1.54, 1.807) is 6.07 Å². The Kier molecular flexibility index (Phi) is 3.40. The summed E-state index contributed by atoms with van der Waals surface area (Å²) < 4.78 is 31.2. The topological polar surface area (TPSA) is 125 Å². The lowest BCUT2D eigenvalue weighted by atomic mass is 10.4. The van der Waals surface area contributed by atoms with Crippen LogP contribution in [0.5, 0.6) is 0 Å². The van der Waals surface area contributed by atoms with Crippen LogP contribution in [0.1, 0.15) is 22.0 Å². The van der Waals surface area contributed by atoms with Gasteiger partial charge < -0.3 is 9.52 Å². The largest absolute Gasteiger partial charge is 0.475 e. The van der Waals surface area contributed by atoms with E-state index < -0.39 is 21.8 Å². The van der Waals surface area contributed by atoms with E-state index in [9.17, 15) is 13.2 Å². The number of H-pyrrole nitrogens is 1. The van der Waals surface area contributed by atoms with Gasteiger partial charge in [-0.25, -0.2) is 17.9 Å². The molecule has 0 saturated heterocycles. The third-order valence-corrected chi connectivity index (χ3v) is 3.89. The maximum Gasteiger partial charge on any atom is 0.371 e. The molecule has 0 saturated carbocycles. The first-order chi connectivity index (χ1) is 8.90. The van der Waals surface area contributed by atoms with Crippen molar-refractivity contribution in [2.45, 2.75) is 18.4 Å². The SMILES string of the molecule is Cc1oc(C(=O)O)cc1S(=O)(=O)NCc1ccn[nH]1. The molecule has 0 bridgehead atoms. The molecular formula is C10H11N3O5S. The molecule has 2 aromatic heterocycles. The molecular weight excluding hydrogens is 274 g/mol. The van der Waals surface area contributed by atoms with Gasteiger partial charge in [-0.15, -0.1) is 0 Å². The highest BCUT2D eigenvalue weighted by atomic mass is 32.2. The van der Waals surface area contributed by atoms with Crippen molar-refractivity contribution in [1.29, 1.82) is 0 Å². The smallest absolute Gasteiger partial charge is 0.371 e. The van der Waals surface area contributed by atoms with Gasteiger partial charge in [0.25, 0.3) is 0 Å². The van der Waals surface area contributed by atoms with E-state index in [4.69, 9.17) is 9.52 Å². The monoisotopic (exact) mass is 285 g/mol. The zero-order valence-corrected chi connectivity index (χ0v) is 10.7. The summed E-state index contributed by atoms with van der Waals surface area (Å²) in [6.07, 6.45) is 1.50. The zero-order valence-electron chi connectivity index (χ0n) is 9.87. The van der Waals surface area contributed by atoms with Crippen LogP contribution in [0.15, 0.2) is 27.6 Å². The Morgan fingerprint density at radius 2 is 2.32 bits per heavy atom. The second-order valence-corrected chi connectivity index (χ2v) is 5.48. The second kappa shape index (κ2) is 4.86. The molecule has 0 radical (unpaired) electrons. The number of sulfonamides is 1. The number of nitrogens with zero attached hydrogens (tertiary/aromatic N) is 1. The molecule has 0 aliphatic rings. The predicted molar refractivity (Wildman–Crippen MR) is 63.0 cm³/mol. The van der Waals surface area contributed by atoms with E-state index in [0.717, 1.165) is 6.07 Å². The van der Waals surface area contributed by atoms with Crippen molar-refractivity contribution in [2.24, 2.45) is 0 Å². The third kappa shape index (κ3) is 2.83. The van der Waals surface area contributed by atoms with Gasteiger partial charge in [-0.3, -0.25) is 5.10 Å². The van der Waals surface area contributed by atoms with Gasteiger partial charge in [0.1, 0.15) is 10.7 Å². The Labute approximate surface area is 108 Å². The van der Waals surface area contributed by atoms with Crippen molar-refractivity contribution in [1.82, 2.24) is 14.9 Å². The van der Waals surface area contributed by atoms with Crippen molar-refractivity contribution in [3.8, 4) is 0 Å². The van der Waals surface area contributed by atoms with E-state index in [0.29, 0.717) is 5.69 Å². The van der Waals surface area contributed by atoms with Crippen LogP contribution in [0.25, 0.3) is 0 Å². The normalized spacial score (nSPS) is 11.6. The molecule has 0 spiro atoms. The molecule has 0 atom stereocenters. The number of furan rings is 1. The molecule has 0 aliphatic carbocycles. The number of aryl methyl sites for hydroxylation is 1. The highest BCUT2D eigenvalue weighted by Gasteiger charge is 2.23. The summed E-state index contributed by atoms with van der Waals surface area (Å²) in [4.78, 5) is 10.5. The lowest BCUT2D eigenvalue weighted by Crippen LogP contribution is -2.23. The Hall–Kier alpha value is -2.13. The van der Waals surface area contributed by atoms with Crippen molar-refractivity contribution in [3.05, 3.63) is 35.5 Å². The molecule has 102 valence electrons. The number of carbonyl (C=O) groups is 1. The second-order valence-electron chi connectivity index (χ2n) is 3.74. The predicted octanol–water partition coefficient (Wildman–Crippen LogP) is 0.488. The molecule has 19 heavy (non-hydrogen) atoms. The van der Waals surface area contributed by atoms with Gasteiger partial charge in [-0.2, -0.15) is 5.10 Å². The van der Waals surface area contributed by atoms with E-state index in [1.807, 2.05) is 0 Å². The average Bonchev–Trinajstić information content (AvgIpc) is 2.95. The lowest BCUT2D eigenvalue weighted by Gasteiger charge is -2.03. The number of hydrogen-bond acceptors (Lipinski definition) is 5. The molecule has 0 unspecified atom stereocenters. The molecule has 0 aliphatic heterocycles. The standard InChI is InChI=1S/C10H11N3O5S/c1-6-9(4-8(18-6)10(14)15)19(16,17)12-5-7-2-3-11-13-7/h2-4,12H,5H2,1H3,(H,11,13)(H,14,15). The van der Waals surface area contributed by atoms with Gasteiger partial charge in [0.2, 0.25) is 15.8 Å². The number of rotatable bonds is 5. The molecule has 3 N–H and O–H groups in total. The van der Waals surface area contributed by atoms with Gasteiger partial charge in [0, 0.05) is 12.3 Å². The quantitative estimate of drug-likeness (QED) is 0.734. The van der Waals surface area contributed by atoms with Crippen LogP contribution in [0.3, 0.4) is 0 Å². The molecule has 2 aromatic rings.